The second kappa shape index (κ2) is 4.72. The summed E-state index contributed by atoms with van der Waals surface area (Å²) in [5, 5.41) is 1.31. The first kappa shape index (κ1) is 11.7. The Morgan fingerprint density at radius 3 is 2.61 bits per heavy atom. The van der Waals surface area contributed by atoms with E-state index < -0.39 is 0 Å². The van der Waals surface area contributed by atoms with E-state index in [1.165, 1.54) is 6.07 Å². The fraction of sp³-hybridized carbons (Fsp3) is 0. The predicted octanol–water partition coefficient (Wildman–Crippen LogP) is 3.47. The third-order valence-electron chi connectivity index (χ3n) is 1.97. The molecular formula is C10H4Cl2N4OS. The minimum Gasteiger partial charge on any atom is -0.429 e. The summed E-state index contributed by atoms with van der Waals surface area (Å²) in [5.41, 5.74) is 1.14. The minimum absolute atomic E-state index is 0.270. The summed E-state index contributed by atoms with van der Waals surface area (Å²) in [6.07, 6.45) is 1.64. The van der Waals surface area contributed by atoms with Gasteiger partial charge in [-0.15, -0.1) is 0 Å². The van der Waals surface area contributed by atoms with Crippen LogP contribution in [0.25, 0.3) is 11.2 Å². The zero-order valence-electron chi connectivity index (χ0n) is 8.67. The molecule has 0 aliphatic rings. The fourth-order valence-corrected chi connectivity index (χ4v) is 2.52. The van der Waals surface area contributed by atoms with Crippen molar-refractivity contribution in [3.05, 3.63) is 34.7 Å². The maximum absolute atomic E-state index is 5.78. The third-order valence-corrected chi connectivity index (χ3v) is 3.07. The third kappa shape index (κ3) is 2.40. The van der Waals surface area contributed by atoms with Gasteiger partial charge in [-0.05, 0) is 12.1 Å². The van der Waals surface area contributed by atoms with E-state index in [1.807, 2.05) is 0 Å². The van der Waals surface area contributed by atoms with E-state index in [0.29, 0.717) is 21.6 Å². The summed E-state index contributed by atoms with van der Waals surface area (Å²) in [7, 11) is 0. The predicted molar refractivity (Wildman–Crippen MR) is 68.0 cm³/mol. The van der Waals surface area contributed by atoms with Crippen LogP contribution >= 0.6 is 35.0 Å². The van der Waals surface area contributed by atoms with Gasteiger partial charge in [-0.1, -0.05) is 23.2 Å². The lowest BCUT2D eigenvalue weighted by molar-refractivity contribution is 0.488. The topological polar surface area (TPSA) is 64.7 Å². The van der Waals surface area contributed by atoms with Gasteiger partial charge in [0.2, 0.25) is 0 Å². The van der Waals surface area contributed by atoms with Crippen LogP contribution in [-0.2, 0) is 0 Å². The van der Waals surface area contributed by atoms with Crippen molar-refractivity contribution in [3.8, 4) is 0 Å². The Morgan fingerprint density at radius 2 is 1.89 bits per heavy atom. The lowest BCUT2D eigenvalue weighted by atomic mass is 10.5. The highest BCUT2D eigenvalue weighted by Crippen LogP contribution is 2.28. The summed E-state index contributed by atoms with van der Waals surface area (Å²) >= 11 is 12.7. The summed E-state index contributed by atoms with van der Waals surface area (Å²) in [5.74, 6) is 0. The molecule has 3 rings (SSSR count). The van der Waals surface area contributed by atoms with E-state index in [-0.39, 0.29) is 10.3 Å². The van der Waals surface area contributed by atoms with Crippen molar-refractivity contribution in [2.75, 3.05) is 0 Å². The van der Waals surface area contributed by atoms with Crippen LogP contribution in [-0.4, -0.2) is 19.9 Å². The molecule has 0 saturated heterocycles. The number of aromatic nitrogens is 4. The smallest absolute Gasteiger partial charge is 0.266 e. The van der Waals surface area contributed by atoms with Crippen LogP contribution in [0.3, 0.4) is 0 Å². The standard InChI is InChI=1S/C10H4Cl2N4OS/c11-6-4-7(12)15-9(14-6)18-10-16-8-5(17-10)2-1-3-13-8/h1-4H. The highest BCUT2D eigenvalue weighted by atomic mass is 35.5. The molecule has 0 unspecified atom stereocenters. The molecule has 0 radical (unpaired) electrons. The lowest BCUT2D eigenvalue weighted by Gasteiger charge is -1.96. The van der Waals surface area contributed by atoms with Gasteiger partial charge in [-0.2, -0.15) is 4.98 Å². The Hall–Kier alpha value is -1.37. The Bertz CT molecular complexity index is 665. The molecule has 0 fully saturated rings. The summed E-state index contributed by atoms with van der Waals surface area (Å²) in [6, 6.07) is 5.01. The molecule has 0 atom stereocenters. The van der Waals surface area contributed by atoms with Crippen molar-refractivity contribution in [3.63, 3.8) is 0 Å². The van der Waals surface area contributed by atoms with Crippen molar-refractivity contribution in [1.29, 1.82) is 0 Å². The molecule has 0 aliphatic carbocycles. The van der Waals surface area contributed by atoms with Gasteiger partial charge in [0.05, 0.1) is 0 Å². The molecule has 8 heteroatoms. The van der Waals surface area contributed by atoms with E-state index in [0.717, 1.165) is 11.8 Å². The van der Waals surface area contributed by atoms with Crippen molar-refractivity contribution >= 4 is 46.2 Å². The van der Waals surface area contributed by atoms with Crippen molar-refractivity contribution < 1.29 is 4.42 Å². The quantitative estimate of drug-likeness (QED) is 0.533. The number of nitrogens with zero attached hydrogens (tertiary/aromatic N) is 4. The highest BCUT2D eigenvalue weighted by molar-refractivity contribution is 7.98. The number of hydrogen-bond acceptors (Lipinski definition) is 6. The first-order chi connectivity index (χ1) is 8.70. The largest absolute Gasteiger partial charge is 0.429 e. The molecule has 0 spiro atoms. The van der Waals surface area contributed by atoms with E-state index in [1.54, 1.807) is 18.3 Å². The van der Waals surface area contributed by atoms with Crippen LogP contribution in [0.15, 0.2) is 39.2 Å². The van der Waals surface area contributed by atoms with E-state index in [2.05, 4.69) is 19.9 Å². The van der Waals surface area contributed by atoms with Crippen LogP contribution < -0.4 is 0 Å². The fourth-order valence-electron chi connectivity index (χ4n) is 1.29. The molecular weight excluding hydrogens is 295 g/mol. The molecule has 5 nitrogen and oxygen atoms in total. The zero-order valence-corrected chi connectivity index (χ0v) is 11.0. The summed E-state index contributed by atoms with van der Waals surface area (Å²) < 4.78 is 5.47. The van der Waals surface area contributed by atoms with Gasteiger partial charge in [0, 0.05) is 24.0 Å². The number of rotatable bonds is 2. The summed E-state index contributed by atoms with van der Waals surface area (Å²) in [4.78, 5) is 16.3. The second-order valence-corrected chi connectivity index (χ2v) is 4.90. The van der Waals surface area contributed by atoms with Gasteiger partial charge in [0.25, 0.3) is 5.22 Å². The number of fused-ring (bicyclic) bond motifs is 1. The average molecular weight is 299 g/mol. The van der Waals surface area contributed by atoms with E-state index >= 15 is 0 Å². The lowest BCUT2D eigenvalue weighted by Crippen LogP contribution is -1.87. The van der Waals surface area contributed by atoms with E-state index in [9.17, 15) is 0 Å². The molecule has 90 valence electrons. The first-order valence-electron chi connectivity index (χ1n) is 4.80. The van der Waals surface area contributed by atoms with E-state index in [4.69, 9.17) is 27.6 Å². The minimum atomic E-state index is 0.270. The number of oxazole rings is 1. The SMILES string of the molecule is Clc1cc(Cl)nc(Sc2nc3ncccc3o2)n1. The molecule has 3 aromatic heterocycles. The number of hydrogen-bond donors (Lipinski definition) is 0. The maximum Gasteiger partial charge on any atom is 0.266 e. The van der Waals surface area contributed by atoms with Crippen LogP contribution in [0.1, 0.15) is 0 Å². The molecule has 0 aliphatic heterocycles. The molecule has 0 N–H and O–H groups in total. The van der Waals surface area contributed by atoms with Gasteiger partial charge in [-0.25, -0.2) is 15.0 Å². The highest BCUT2D eigenvalue weighted by Gasteiger charge is 2.11. The molecule has 18 heavy (non-hydrogen) atoms. The molecule has 0 saturated carbocycles. The van der Waals surface area contributed by atoms with Crippen molar-refractivity contribution in [2.45, 2.75) is 10.4 Å². The average Bonchev–Trinajstić information content (AvgIpc) is 2.69. The van der Waals surface area contributed by atoms with Gasteiger partial charge in [-0.3, -0.25) is 0 Å². The molecule has 0 amide bonds. The zero-order chi connectivity index (χ0) is 12.5. The summed E-state index contributed by atoms with van der Waals surface area (Å²) in [6.45, 7) is 0. The van der Waals surface area contributed by atoms with Crippen molar-refractivity contribution in [1.82, 2.24) is 19.9 Å². The Labute approximate surface area is 116 Å². The monoisotopic (exact) mass is 298 g/mol. The second-order valence-electron chi connectivity index (χ2n) is 3.20. The van der Waals surface area contributed by atoms with Crippen LogP contribution in [0.4, 0.5) is 0 Å². The number of halogens is 2. The first-order valence-corrected chi connectivity index (χ1v) is 6.37. The Balaban J connectivity index is 1.96. The normalized spacial score (nSPS) is 11.0. The van der Waals surface area contributed by atoms with Gasteiger partial charge >= 0.3 is 0 Å². The Morgan fingerprint density at radius 1 is 1.11 bits per heavy atom. The number of pyridine rings is 1. The Kier molecular flexibility index (Phi) is 3.07. The molecule has 3 aromatic rings. The van der Waals surface area contributed by atoms with Crippen LogP contribution in [0.5, 0.6) is 0 Å². The molecule has 0 bridgehead atoms. The van der Waals surface area contributed by atoms with Gasteiger partial charge < -0.3 is 4.42 Å². The maximum atomic E-state index is 5.78. The molecule has 3 heterocycles. The van der Waals surface area contributed by atoms with Crippen molar-refractivity contribution in [2.24, 2.45) is 0 Å². The van der Waals surface area contributed by atoms with Gasteiger partial charge in [0.1, 0.15) is 10.3 Å². The molecule has 0 aromatic carbocycles. The van der Waals surface area contributed by atoms with Gasteiger partial charge in [0.15, 0.2) is 16.4 Å². The van der Waals surface area contributed by atoms with Crippen LogP contribution in [0, 0.1) is 0 Å². The van der Waals surface area contributed by atoms with Crippen LogP contribution in [0.2, 0.25) is 10.3 Å².